The standard InChI is InChI=1S/C36H44F2N8O3/c1-4-25-17-26(44-34-35-42-21-29(45(35)14-13-40-34)28-7-8-30(49-3)33(38)32(28)37)5-6-27(25)36(48)43-19-23-10-15-46(2,16-11-23)22-31(47)41-20-24-9-12-39-18-24/h5-8,13-14,17,21,23-24,39H,4,9-12,15-16,18-20,22H2,1-3H3,(H2-,40,41,43,44,47,48)/p+1. The number of likely N-dealkylation sites (N-methyl/N-ethyl adjacent to an activating group) is 1. The van der Waals surface area contributed by atoms with E-state index in [2.05, 4.69) is 38.3 Å². The number of hydrogen-bond donors (Lipinski definition) is 4. The van der Waals surface area contributed by atoms with E-state index in [4.69, 9.17) is 4.74 Å². The molecule has 11 nitrogen and oxygen atoms in total. The van der Waals surface area contributed by atoms with Crippen LogP contribution in [0.1, 0.15) is 42.1 Å². The van der Waals surface area contributed by atoms with Gasteiger partial charge in [0.05, 0.1) is 39.1 Å². The van der Waals surface area contributed by atoms with E-state index in [1.807, 2.05) is 19.1 Å². The zero-order valence-electron chi connectivity index (χ0n) is 28.3. The first-order valence-electron chi connectivity index (χ1n) is 17.0. The molecule has 4 heterocycles. The largest absolute Gasteiger partial charge is 0.494 e. The number of nitrogens with one attached hydrogen (secondary N) is 4. The Hall–Kier alpha value is -4.62. The van der Waals surface area contributed by atoms with Crippen molar-refractivity contribution in [1.82, 2.24) is 30.3 Å². The van der Waals surface area contributed by atoms with Crippen LogP contribution in [0, 0.1) is 23.5 Å². The molecule has 2 saturated heterocycles. The number of benzene rings is 2. The van der Waals surface area contributed by atoms with Crippen molar-refractivity contribution in [1.29, 1.82) is 0 Å². The van der Waals surface area contributed by atoms with Crippen molar-refractivity contribution in [2.24, 2.45) is 11.8 Å². The second-order valence-electron chi connectivity index (χ2n) is 13.4. The summed E-state index contributed by atoms with van der Waals surface area (Å²) in [5.41, 5.74) is 3.04. The molecule has 0 radical (unpaired) electrons. The summed E-state index contributed by atoms with van der Waals surface area (Å²) in [6.45, 7) is 7.64. The third-order valence-corrected chi connectivity index (χ3v) is 9.95. The zero-order valence-corrected chi connectivity index (χ0v) is 28.3. The second kappa shape index (κ2) is 14.9. The van der Waals surface area contributed by atoms with Crippen molar-refractivity contribution < 1.29 is 27.6 Å². The van der Waals surface area contributed by atoms with Crippen molar-refractivity contribution in [2.75, 3.05) is 65.3 Å². The summed E-state index contributed by atoms with van der Waals surface area (Å²) in [5.74, 6) is -0.945. The van der Waals surface area contributed by atoms with Crippen LogP contribution in [0.3, 0.4) is 0 Å². The van der Waals surface area contributed by atoms with Crippen LogP contribution in [-0.2, 0) is 11.2 Å². The van der Waals surface area contributed by atoms with Gasteiger partial charge in [0.1, 0.15) is 0 Å². The van der Waals surface area contributed by atoms with E-state index in [1.165, 1.54) is 25.4 Å². The SMILES string of the molecule is CCc1cc(Nc2nccn3c(-c4ccc(OC)c(F)c4F)cnc23)ccc1C(=O)NCC1CC[N+](C)(CC(=O)NCC2CCNC2)CC1. The van der Waals surface area contributed by atoms with E-state index in [0.29, 0.717) is 59.8 Å². The van der Waals surface area contributed by atoms with E-state index in [1.54, 1.807) is 22.9 Å². The quantitative estimate of drug-likeness (QED) is 0.165. The van der Waals surface area contributed by atoms with Gasteiger partial charge in [-0.2, -0.15) is 4.39 Å². The average Bonchev–Trinajstić information content (AvgIpc) is 3.79. The minimum Gasteiger partial charge on any atom is -0.494 e. The summed E-state index contributed by atoms with van der Waals surface area (Å²) >= 11 is 0. The van der Waals surface area contributed by atoms with Gasteiger partial charge in [-0.1, -0.05) is 6.92 Å². The molecule has 0 bridgehead atoms. The minimum atomic E-state index is -1.07. The highest BCUT2D eigenvalue weighted by Gasteiger charge is 2.32. The van der Waals surface area contributed by atoms with Crippen molar-refractivity contribution in [3.05, 3.63) is 71.7 Å². The molecule has 4 N–H and O–H groups in total. The lowest BCUT2D eigenvalue weighted by Gasteiger charge is -2.40. The fourth-order valence-corrected chi connectivity index (χ4v) is 6.90. The normalized spacial score (nSPS) is 20.7. The third-order valence-electron chi connectivity index (χ3n) is 9.95. The zero-order chi connectivity index (χ0) is 34.5. The number of likely N-dealkylation sites (tertiary alicyclic amines) is 1. The molecule has 2 fully saturated rings. The van der Waals surface area contributed by atoms with Crippen molar-refractivity contribution in [3.63, 3.8) is 0 Å². The van der Waals surface area contributed by atoms with Crippen molar-refractivity contribution in [2.45, 2.75) is 32.6 Å². The summed E-state index contributed by atoms with van der Waals surface area (Å²) in [6, 6.07) is 8.37. The Balaban J connectivity index is 1.05. The third kappa shape index (κ3) is 7.67. The topological polar surface area (TPSA) is 122 Å². The summed E-state index contributed by atoms with van der Waals surface area (Å²) in [5, 5.41) is 12.9. The molecule has 0 spiro atoms. The summed E-state index contributed by atoms with van der Waals surface area (Å²) in [4.78, 5) is 34.8. The first-order valence-corrected chi connectivity index (χ1v) is 17.0. The maximum Gasteiger partial charge on any atom is 0.275 e. The van der Waals surface area contributed by atoms with Crippen LogP contribution in [0.2, 0.25) is 0 Å². The van der Waals surface area contributed by atoms with E-state index >= 15 is 0 Å². The molecule has 49 heavy (non-hydrogen) atoms. The van der Waals surface area contributed by atoms with Gasteiger partial charge in [0, 0.05) is 55.1 Å². The van der Waals surface area contributed by atoms with E-state index in [-0.39, 0.29) is 23.1 Å². The number of fused-ring (bicyclic) bond motifs is 1. The van der Waals surface area contributed by atoms with Gasteiger partial charge in [0.2, 0.25) is 5.82 Å². The molecule has 0 saturated carbocycles. The number of aryl methyl sites for hydroxylation is 1. The van der Waals surface area contributed by atoms with Crippen LogP contribution >= 0.6 is 0 Å². The maximum atomic E-state index is 14.9. The van der Waals surface area contributed by atoms with Gasteiger partial charge in [0.25, 0.3) is 11.8 Å². The molecule has 2 aliphatic heterocycles. The molecule has 1 unspecified atom stereocenters. The number of quaternary nitrogens is 1. The fraction of sp³-hybridized carbons (Fsp3) is 0.444. The monoisotopic (exact) mass is 675 g/mol. The number of halogens is 2. The van der Waals surface area contributed by atoms with Crippen LogP contribution in [0.5, 0.6) is 5.75 Å². The lowest BCUT2D eigenvalue weighted by Crippen LogP contribution is -2.55. The van der Waals surface area contributed by atoms with Crippen molar-refractivity contribution in [3.8, 4) is 17.0 Å². The Kier molecular flexibility index (Phi) is 10.4. The molecular formula is C36H45F2N8O3+. The number of aromatic nitrogens is 3. The van der Waals surface area contributed by atoms with Crippen LogP contribution in [-0.4, -0.2) is 90.6 Å². The number of imidazole rings is 1. The lowest BCUT2D eigenvalue weighted by atomic mass is 9.94. The molecule has 13 heteroatoms. The minimum absolute atomic E-state index is 0.0446. The Bertz CT molecular complexity index is 1820. The Labute approximate surface area is 285 Å². The molecule has 2 aromatic carbocycles. The van der Waals surface area contributed by atoms with Crippen LogP contribution in [0.25, 0.3) is 16.9 Å². The molecule has 2 aromatic heterocycles. The Morgan fingerprint density at radius 2 is 1.84 bits per heavy atom. The number of anilines is 2. The van der Waals surface area contributed by atoms with Crippen molar-refractivity contribution >= 4 is 29.0 Å². The molecule has 4 aromatic rings. The summed E-state index contributed by atoms with van der Waals surface area (Å²) in [6.07, 6.45) is 8.32. The van der Waals surface area contributed by atoms with Gasteiger partial charge in [-0.15, -0.1) is 0 Å². The number of nitrogens with zero attached hydrogens (tertiary/aromatic N) is 4. The molecule has 0 aliphatic carbocycles. The number of carbonyl (C=O) groups is 2. The van der Waals surface area contributed by atoms with Crippen LogP contribution < -0.4 is 26.0 Å². The van der Waals surface area contributed by atoms with Gasteiger partial charge in [-0.25, -0.2) is 14.4 Å². The highest BCUT2D eigenvalue weighted by Crippen LogP contribution is 2.32. The highest BCUT2D eigenvalue weighted by atomic mass is 19.2. The number of methoxy groups -OCH3 is 1. The van der Waals surface area contributed by atoms with Gasteiger partial charge in [-0.05, 0) is 73.7 Å². The molecule has 6 rings (SSSR count). The van der Waals surface area contributed by atoms with Crippen LogP contribution in [0.15, 0.2) is 48.9 Å². The van der Waals surface area contributed by atoms with Gasteiger partial charge in [0.15, 0.2) is 29.6 Å². The average molecular weight is 676 g/mol. The number of carbonyl (C=O) groups excluding carboxylic acids is 2. The fourth-order valence-electron chi connectivity index (χ4n) is 6.90. The molecule has 1 atom stereocenters. The maximum absolute atomic E-state index is 14.9. The first kappa shape index (κ1) is 34.3. The number of ether oxygens (including phenoxy) is 1. The number of amides is 2. The first-order chi connectivity index (χ1) is 23.7. The molecule has 2 amide bonds. The van der Waals surface area contributed by atoms with E-state index in [0.717, 1.165) is 62.0 Å². The van der Waals surface area contributed by atoms with Crippen LogP contribution in [0.4, 0.5) is 20.3 Å². The lowest BCUT2D eigenvalue weighted by molar-refractivity contribution is -0.907. The highest BCUT2D eigenvalue weighted by molar-refractivity contribution is 5.96. The predicted molar refractivity (Wildman–Crippen MR) is 184 cm³/mol. The Morgan fingerprint density at radius 1 is 1.04 bits per heavy atom. The summed E-state index contributed by atoms with van der Waals surface area (Å²) in [7, 11) is 3.43. The number of hydrogen-bond acceptors (Lipinski definition) is 7. The van der Waals surface area contributed by atoms with Gasteiger partial charge >= 0.3 is 0 Å². The number of rotatable bonds is 12. The molecule has 2 aliphatic rings. The predicted octanol–water partition coefficient (Wildman–Crippen LogP) is 4.30. The smallest absolute Gasteiger partial charge is 0.275 e. The molecular weight excluding hydrogens is 630 g/mol. The van der Waals surface area contributed by atoms with E-state index < -0.39 is 11.6 Å². The second-order valence-corrected chi connectivity index (χ2v) is 13.4. The number of piperidine rings is 1. The van der Waals surface area contributed by atoms with Gasteiger partial charge < -0.3 is 30.5 Å². The summed E-state index contributed by atoms with van der Waals surface area (Å²) < 4.78 is 36.6. The Morgan fingerprint density at radius 3 is 2.57 bits per heavy atom. The van der Waals surface area contributed by atoms with Gasteiger partial charge in [-0.3, -0.25) is 14.0 Å². The van der Waals surface area contributed by atoms with E-state index in [9.17, 15) is 18.4 Å². The molecule has 260 valence electrons.